The van der Waals surface area contributed by atoms with E-state index >= 15 is 0 Å². The van der Waals surface area contributed by atoms with Gasteiger partial charge in [0.25, 0.3) is 0 Å². The monoisotopic (exact) mass is 370 g/mol. The van der Waals surface area contributed by atoms with Gasteiger partial charge in [0.05, 0.1) is 19.3 Å². The number of aryl methyl sites for hydroxylation is 2. The molecule has 1 fully saturated rings. The average Bonchev–Trinajstić information content (AvgIpc) is 3.17. The van der Waals surface area contributed by atoms with E-state index in [2.05, 4.69) is 41.7 Å². The fraction of sp³-hybridized carbons (Fsp3) is 0.524. The second-order valence-electron chi connectivity index (χ2n) is 7.27. The van der Waals surface area contributed by atoms with E-state index in [4.69, 9.17) is 4.74 Å². The van der Waals surface area contributed by atoms with Crippen LogP contribution in [0.5, 0.6) is 5.75 Å². The maximum absolute atomic E-state index is 11.9. The summed E-state index contributed by atoms with van der Waals surface area (Å²) < 4.78 is 7.12. The van der Waals surface area contributed by atoms with Crippen molar-refractivity contribution < 1.29 is 9.53 Å². The largest absolute Gasteiger partial charge is 0.497 e. The fourth-order valence-corrected chi connectivity index (χ4v) is 3.63. The zero-order valence-electron chi connectivity index (χ0n) is 16.4. The molecule has 0 bridgehead atoms. The van der Waals surface area contributed by atoms with Crippen molar-refractivity contribution in [3.63, 3.8) is 0 Å². The summed E-state index contributed by atoms with van der Waals surface area (Å²) in [6.45, 7) is 5.11. The van der Waals surface area contributed by atoms with Crippen LogP contribution in [0.1, 0.15) is 50.3 Å². The molecule has 1 unspecified atom stereocenters. The van der Waals surface area contributed by atoms with Gasteiger partial charge >= 0.3 is 0 Å². The first-order valence-electron chi connectivity index (χ1n) is 9.79. The average molecular weight is 370 g/mol. The third kappa shape index (κ3) is 5.10. The normalized spacial score (nSPS) is 20.9. The molecule has 1 amide bonds. The number of methoxy groups -OCH3 is 1. The first kappa shape index (κ1) is 19.4. The molecule has 0 radical (unpaired) electrons. The number of ether oxygens (including phenoxy) is 1. The Morgan fingerprint density at radius 2 is 2.15 bits per heavy atom. The number of aromatic nitrogens is 2. The molecule has 1 aromatic heterocycles. The molecule has 1 aromatic carbocycles. The predicted octanol–water partition coefficient (Wildman–Crippen LogP) is 2.84. The number of nitrogens with one attached hydrogen (secondary N) is 2. The summed E-state index contributed by atoms with van der Waals surface area (Å²) in [6.07, 6.45) is 7.37. The molecule has 6 heteroatoms. The molecule has 1 saturated heterocycles. The lowest BCUT2D eigenvalue weighted by Gasteiger charge is -2.34. The van der Waals surface area contributed by atoms with Gasteiger partial charge in [-0.05, 0) is 50.8 Å². The highest BCUT2D eigenvalue weighted by atomic mass is 16.5. The molecule has 27 heavy (non-hydrogen) atoms. The van der Waals surface area contributed by atoms with Gasteiger partial charge in [0.15, 0.2) is 0 Å². The van der Waals surface area contributed by atoms with E-state index < -0.39 is 0 Å². The molecule has 146 valence electrons. The van der Waals surface area contributed by atoms with Gasteiger partial charge in [-0.15, -0.1) is 0 Å². The minimum atomic E-state index is -0.0185. The molecule has 0 saturated carbocycles. The SMILES string of the molecule is CCn1cc([C@@H]2NC(=O)CC[C@H]2NC(C)CCc2ccc(OC)cc2)cn1. The third-order valence-corrected chi connectivity index (χ3v) is 5.26. The summed E-state index contributed by atoms with van der Waals surface area (Å²) in [5.74, 6) is 1.01. The van der Waals surface area contributed by atoms with Gasteiger partial charge in [-0.3, -0.25) is 9.48 Å². The van der Waals surface area contributed by atoms with Crippen LogP contribution in [-0.4, -0.2) is 34.9 Å². The van der Waals surface area contributed by atoms with Crippen molar-refractivity contribution in [2.24, 2.45) is 0 Å². The van der Waals surface area contributed by atoms with Crippen LogP contribution in [0.2, 0.25) is 0 Å². The number of rotatable bonds is 8. The Morgan fingerprint density at radius 1 is 1.37 bits per heavy atom. The lowest BCUT2D eigenvalue weighted by molar-refractivity contribution is -0.124. The zero-order chi connectivity index (χ0) is 19.2. The minimum absolute atomic E-state index is 0.0185. The molecular weight excluding hydrogens is 340 g/mol. The number of carbonyl (C=O) groups excluding carboxylic acids is 1. The van der Waals surface area contributed by atoms with Crippen LogP contribution in [0, 0.1) is 0 Å². The molecule has 2 aromatic rings. The number of amides is 1. The van der Waals surface area contributed by atoms with Crippen molar-refractivity contribution in [3.05, 3.63) is 47.8 Å². The van der Waals surface area contributed by atoms with Gasteiger partial charge < -0.3 is 15.4 Å². The molecule has 1 aliphatic heterocycles. The Balaban J connectivity index is 1.58. The van der Waals surface area contributed by atoms with Crippen LogP contribution in [0.25, 0.3) is 0 Å². The Labute approximate surface area is 161 Å². The van der Waals surface area contributed by atoms with Crippen LogP contribution >= 0.6 is 0 Å². The predicted molar refractivity (Wildman–Crippen MR) is 106 cm³/mol. The Bertz CT molecular complexity index is 741. The zero-order valence-corrected chi connectivity index (χ0v) is 16.4. The van der Waals surface area contributed by atoms with Gasteiger partial charge in [0, 0.05) is 36.8 Å². The Kier molecular flexibility index (Phi) is 6.50. The van der Waals surface area contributed by atoms with Crippen molar-refractivity contribution in [1.29, 1.82) is 0 Å². The number of carbonyl (C=O) groups is 1. The third-order valence-electron chi connectivity index (χ3n) is 5.26. The van der Waals surface area contributed by atoms with Crippen molar-refractivity contribution in [1.82, 2.24) is 20.4 Å². The molecule has 3 atom stereocenters. The van der Waals surface area contributed by atoms with Crippen molar-refractivity contribution in [2.45, 2.75) is 64.2 Å². The van der Waals surface area contributed by atoms with E-state index in [9.17, 15) is 4.79 Å². The lowest BCUT2D eigenvalue weighted by atomic mass is 9.92. The molecule has 6 nitrogen and oxygen atoms in total. The molecule has 0 aliphatic carbocycles. The molecule has 2 N–H and O–H groups in total. The maximum Gasteiger partial charge on any atom is 0.220 e. The highest BCUT2D eigenvalue weighted by Gasteiger charge is 2.31. The van der Waals surface area contributed by atoms with Crippen LogP contribution in [0.4, 0.5) is 0 Å². The number of hydrogen-bond donors (Lipinski definition) is 2. The van der Waals surface area contributed by atoms with Crippen molar-refractivity contribution >= 4 is 5.91 Å². The number of nitrogens with zero attached hydrogens (tertiary/aromatic N) is 2. The van der Waals surface area contributed by atoms with Gasteiger partial charge in [-0.1, -0.05) is 12.1 Å². The van der Waals surface area contributed by atoms with Crippen molar-refractivity contribution in [3.8, 4) is 5.75 Å². The van der Waals surface area contributed by atoms with Gasteiger partial charge in [-0.25, -0.2) is 0 Å². The molecule has 3 rings (SSSR count). The Morgan fingerprint density at radius 3 is 2.81 bits per heavy atom. The second-order valence-corrected chi connectivity index (χ2v) is 7.27. The molecule has 0 spiro atoms. The van der Waals surface area contributed by atoms with Gasteiger partial charge in [0.2, 0.25) is 5.91 Å². The van der Waals surface area contributed by atoms with E-state index in [1.807, 2.05) is 29.2 Å². The topological polar surface area (TPSA) is 68.2 Å². The van der Waals surface area contributed by atoms with E-state index in [1.165, 1.54) is 5.56 Å². The second kappa shape index (κ2) is 9.04. The minimum Gasteiger partial charge on any atom is -0.497 e. The van der Waals surface area contributed by atoms with Crippen LogP contribution in [0.3, 0.4) is 0 Å². The van der Waals surface area contributed by atoms with Crippen LogP contribution in [0.15, 0.2) is 36.7 Å². The Hall–Kier alpha value is -2.34. The van der Waals surface area contributed by atoms with Crippen molar-refractivity contribution in [2.75, 3.05) is 7.11 Å². The van der Waals surface area contributed by atoms with Crippen LogP contribution in [-0.2, 0) is 17.8 Å². The van der Waals surface area contributed by atoms with Gasteiger partial charge in [0.1, 0.15) is 5.75 Å². The van der Waals surface area contributed by atoms with E-state index in [0.717, 1.165) is 37.1 Å². The number of benzene rings is 1. The number of piperidine rings is 1. The first-order chi connectivity index (χ1) is 13.1. The maximum atomic E-state index is 11.9. The molecular formula is C21H30N4O2. The lowest BCUT2D eigenvalue weighted by Crippen LogP contribution is -2.50. The van der Waals surface area contributed by atoms with Gasteiger partial charge in [-0.2, -0.15) is 5.10 Å². The standard InChI is InChI=1S/C21H30N4O2/c1-4-25-14-17(13-22-25)21-19(11-12-20(26)24-21)23-15(2)5-6-16-7-9-18(27-3)10-8-16/h7-10,13-15,19,21,23H,4-6,11-12H2,1-3H3,(H,24,26)/t15?,19-,21+/m1/s1. The fourth-order valence-electron chi connectivity index (χ4n) is 3.63. The molecule has 2 heterocycles. The first-order valence-corrected chi connectivity index (χ1v) is 9.79. The number of hydrogen-bond acceptors (Lipinski definition) is 4. The summed E-state index contributed by atoms with van der Waals surface area (Å²) in [6, 6.07) is 8.81. The van der Waals surface area contributed by atoms with Crippen LogP contribution < -0.4 is 15.4 Å². The molecule has 1 aliphatic rings. The van der Waals surface area contributed by atoms with E-state index in [0.29, 0.717) is 12.5 Å². The smallest absolute Gasteiger partial charge is 0.220 e. The highest BCUT2D eigenvalue weighted by Crippen LogP contribution is 2.25. The van der Waals surface area contributed by atoms with E-state index in [1.54, 1.807) is 7.11 Å². The highest BCUT2D eigenvalue weighted by molar-refractivity contribution is 5.77. The summed E-state index contributed by atoms with van der Waals surface area (Å²) in [5, 5.41) is 11.2. The quantitative estimate of drug-likeness (QED) is 0.750. The summed E-state index contributed by atoms with van der Waals surface area (Å²) in [4.78, 5) is 11.9. The summed E-state index contributed by atoms with van der Waals surface area (Å²) >= 11 is 0. The van der Waals surface area contributed by atoms with E-state index in [-0.39, 0.29) is 18.0 Å². The summed E-state index contributed by atoms with van der Waals surface area (Å²) in [5.41, 5.74) is 2.38. The summed E-state index contributed by atoms with van der Waals surface area (Å²) in [7, 11) is 1.69.